The Bertz CT molecular complexity index is 1220. The second-order valence-electron chi connectivity index (χ2n) is 7.48. The minimum Gasteiger partial charge on any atom is -0.497 e. The van der Waals surface area contributed by atoms with E-state index < -0.39 is 10.0 Å². The molecular weight excluding hydrogens is 505 g/mol. The molecular formula is C22H23Cl2N3O4S2. The van der Waals surface area contributed by atoms with E-state index in [1.54, 1.807) is 29.5 Å². The van der Waals surface area contributed by atoms with Crippen molar-refractivity contribution in [3.8, 4) is 11.5 Å². The number of hydrogen-bond donors (Lipinski definition) is 0. The zero-order valence-corrected chi connectivity index (χ0v) is 21.3. The van der Waals surface area contributed by atoms with E-state index in [0.717, 1.165) is 16.4 Å². The minimum atomic E-state index is -3.69. The Labute approximate surface area is 207 Å². The lowest BCUT2D eigenvalue weighted by Gasteiger charge is -2.34. The van der Waals surface area contributed by atoms with Crippen molar-refractivity contribution in [2.75, 3.05) is 45.3 Å². The number of aromatic nitrogens is 1. The average molecular weight is 528 g/mol. The smallest absolute Gasteiger partial charge is 0.246 e. The Morgan fingerprint density at radius 3 is 2.33 bits per heavy atom. The Morgan fingerprint density at radius 1 is 1.00 bits per heavy atom. The lowest BCUT2D eigenvalue weighted by Crippen LogP contribution is -2.48. The third-order valence-corrected chi connectivity index (χ3v) is 8.67. The van der Waals surface area contributed by atoms with Crippen LogP contribution in [0.4, 0.5) is 5.13 Å². The van der Waals surface area contributed by atoms with E-state index in [4.69, 9.17) is 37.7 Å². The lowest BCUT2D eigenvalue weighted by atomic mass is 10.1. The molecule has 0 N–H and O–H groups in total. The third-order valence-electron chi connectivity index (χ3n) is 5.34. The molecule has 0 atom stereocenters. The molecule has 0 spiro atoms. The zero-order valence-electron chi connectivity index (χ0n) is 18.1. The number of halogens is 2. The number of ether oxygens (including phenoxy) is 2. The van der Waals surface area contributed by atoms with Gasteiger partial charge in [0, 0.05) is 54.1 Å². The van der Waals surface area contributed by atoms with Crippen LogP contribution >= 0.6 is 34.5 Å². The van der Waals surface area contributed by atoms with E-state index in [1.807, 2.05) is 17.5 Å². The number of anilines is 1. The van der Waals surface area contributed by atoms with Crippen LogP contribution in [0.1, 0.15) is 11.3 Å². The van der Waals surface area contributed by atoms with Crippen molar-refractivity contribution in [3.05, 3.63) is 63.1 Å². The Balaban J connectivity index is 1.43. The van der Waals surface area contributed by atoms with Crippen LogP contribution in [-0.4, -0.2) is 58.1 Å². The largest absolute Gasteiger partial charge is 0.497 e. The minimum absolute atomic E-state index is 0.135. The number of hydrogen-bond acceptors (Lipinski definition) is 7. The van der Waals surface area contributed by atoms with Gasteiger partial charge < -0.3 is 14.4 Å². The SMILES string of the molecule is COc1ccc(S(=O)(=O)N2CCN(c3nc(Cc4cc(Cl)cc(Cl)c4)cs3)CC2)c(OC)c1. The molecule has 2 heterocycles. The monoisotopic (exact) mass is 527 g/mol. The summed E-state index contributed by atoms with van der Waals surface area (Å²) >= 11 is 13.7. The van der Waals surface area contributed by atoms with Crippen LogP contribution in [0.2, 0.25) is 10.0 Å². The van der Waals surface area contributed by atoms with Crippen LogP contribution in [0.3, 0.4) is 0 Å². The number of piperazine rings is 1. The Kier molecular flexibility index (Phi) is 7.35. The molecule has 1 aliphatic heterocycles. The van der Waals surface area contributed by atoms with Gasteiger partial charge in [-0.2, -0.15) is 4.31 Å². The predicted molar refractivity (Wildman–Crippen MR) is 132 cm³/mol. The Morgan fingerprint density at radius 2 is 1.70 bits per heavy atom. The van der Waals surface area contributed by atoms with Crippen molar-refractivity contribution in [2.24, 2.45) is 0 Å². The summed E-state index contributed by atoms with van der Waals surface area (Å²) in [5.41, 5.74) is 1.92. The quantitative estimate of drug-likeness (QED) is 0.448. The predicted octanol–water partition coefficient (Wildman–Crippen LogP) is 4.57. The topological polar surface area (TPSA) is 72.0 Å². The van der Waals surface area contributed by atoms with Crippen molar-refractivity contribution in [1.29, 1.82) is 0 Å². The molecule has 1 fully saturated rings. The average Bonchev–Trinajstić information content (AvgIpc) is 3.26. The highest BCUT2D eigenvalue weighted by Crippen LogP contribution is 2.32. The summed E-state index contributed by atoms with van der Waals surface area (Å²) in [4.78, 5) is 6.98. The van der Waals surface area contributed by atoms with E-state index in [2.05, 4.69) is 4.90 Å². The lowest BCUT2D eigenvalue weighted by molar-refractivity contribution is 0.370. The fraction of sp³-hybridized carbons (Fsp3) is 0.318. The van der Waals surface area contributed by atoms with Gasteiger partial charge >= 0.3 is 0 Å². The van der Waals surface area contributed by atoms with Crippen LogP contribution in [-0.2, 0) is 16.4 Å². The molecule has 1 aromatic heterocycles. The van der Waals surface area contributed by atoms with Gasteiger partial charge in [-0.15, -0.1) is 11.3 Å². The second kappa shape index (κ2) is 10.1. The van der Waals surface area contributed by atoms with Crippen molar-refractivity contribution < 1.29 is 17.9 Å². The molecule has 176 valence electrons. The first-order chi connectivity index (χ1) is 15.8. The highest BCUT2D eigenvalue weighted by molar-refractivity contribution is 7.89. The van der Waals surface area contributed by atoms with Crippen molar-refractivity contribution in [1.82, 2.24) is 9.29 Å². The maximum Gasteiger partial charge on any atom is 0.246 e. The fourth-order valence-electron chi connectivity index (χ4n) is 3.69. The first-order valence-electron chi connectivity index (χ1n) is 10.2. The van der Waals surface area contributed by atoms with E-state index >= 15 is 0 Å². The molecule has 7 nitrogen and oxygen atoms in total. The van der Waals surface area contributed by atoms with Gasteiger partial charge in [-0.05, 0) is 35.9 Å². The summed E-state index contributed by atoms with van der Waals surface area (Å²) in [6.45, 7) is 1.81. The summed E-state index contributed by atoms with van der Waals surface area (Å²) in [6, 6.07) is 10.2. The molecule has 1 saturated heterocycles. The number of sulfonamides is 1. The summed E-state index contributed by atoms with van der Waals surface area (Å²) < 4.78 is 38.4. The number of nitrogens with zero attached hydrogens (tertiary/aromatic N) is 3. The fourth-order valence-corrected chi connectivity index (χ4v) is 6.70. The first kappa shape index (κ1) is 24.1. The Hall–Kier alpha value is -2.04. The maximum atomic E-state index is 13.2. The van der Waals surface area contributed by atoms with Crippen LogP contribution in [0.15, 0.2) is 46.7 Å². The van der Waals surface area contributed by atoms with E-state index in [-0.39, 0.29) is 10.6 Å². The summed E-state index contributed by atoms with van der Waals surface area (Å²) in [6.07, 6.45) is 0.627. The highest BCUT2D eigenvalue weighted by Gasteiger charge is 2.31. The number of methoxy groups -OCH3 is 2. The molecule has 33 heavy (non-hydrogen) atoms. The van der Waals surface area contributed by atoms with Crippen LogP contribution in [0.25, 0.3) is 0 Å². The van der Waals surface area contributed by atoms with Crippen molar-refractivity contribution >= 4 is 49.7 Å². The van der Waals surface area contributed by atoms with E-state index in [9.17, 15) is 8.42 Å². The number of benzene rings is 2. The summed E-state index contributed by atoms with van der Waals surface area (Å²) in [5.74, 6) is 0.803. The number of thiazole rings is 1. The molecule has 0 bridgehead atoms. The summed E-state index contributed by atoms with van der Waals surface area (Å²) in [5, 5.41) is 4.07. The van der Waals surface area contributed by atoms with Crippen LogP contribution in [0, 0.1) is 0 Å². The normalized spacial score (nSPS) is 15.0. The van der Waals surface area contributed by atoms with Gasteiger partial charge in [-0.25, -0.2) is 13.4 Å². The maximum absolute atomic E-state index is 13.2. The van der Waals surface area contributed by atoms with Gasteiger partial charge in [-0.3, -0.25) is 0 Å². The van der Waals surface area contributed by atoms with Gasteiger partial charge in [0.2, 0.25) is 10.0 Å². The molecule has 0 radical (unpaired) electrons. The molecule has 0 aliphatic carbocycles. The van der Waals surface area contributed by atoms with Crippen LogP contribution < -0.4 is 14.4 Å². The van der Waals surface area contributed by atoms with Crippen LogP contribution in [0.5, 0.6) is 11.5 Å². The first-order valence-corrected chi connectivity index (χ1v) is 13.2. The van der Waals surface area contributed by atoms with Crippen molar-refractivity contribution in [2.45, 2.75) is 11.3 Å². The molecule has 0 saturated carbocycles. The molecule has 0 unspecified atom stereocenters. The summed E-state index contributed by atoms with van der Waals surface area (Å²) in [7, 11) is -0.723. The molecule has 11 heteroatoms. The molecule has 0 amide bonds. The highest BCUT2D eigenvalue weighted by atomic mass is 35.5. The number of rotatable bonds is 7. The van der Waals surface area contributed by atoms with Crippen molar-refractivity contribution in [3.63, 3.8) is 0 Å². The zero-order chi connectivity index (χ0) is 23.6. The second-order valence-corrected chi connectivity index (χ2v) is 11.1. The van der Waals surface area contributed by atoms with Gasteiger partial charge in [0.05, 0.1) is 19.9 Å². The van der Waals surface area contributed by atoms with Gasteiger partial charge in [0.15, 0.2) is 5.13 Å². The van der Waals surface area contributed by atoms with E-state index in [0.29, 0.717) is 48.4 Å². The standard InChI is InChI=1S/C22H23Cl2N3O4S2/c1-30-19-3-4-21(20(13-19)31-2)33(28,29)27-7-5-26(6-8-27)22-25-18(14-32-22)11-15-9-16(23)12-17(24)10-15/h3-4,9-10,12-14H,5-8,11H2,1-2H3. The molecule has 4 rings (SSSR count). The van der Waals surface area contributed by atoms with Gasteiger partial charge in [0.1, 0.15) is 16.4 Å². The third kappa shape index (κ3) is 5.38. The van der Waals surface area contributed by atoms with E-state index in [1.165, 1.54) is 24.6 Å². The molecule has 3 aromatic rings. The molecule has 2 aromatic carbocycles. The molecule has 1 aliphatic rings. The van der Waals surface area contributed by atoms with Gasteiger partial charge in [-0.1, -0.05) is 23.2 Å². The van der Waals surface area contributed by atoms with Gasteiger partial charge in [0.25, 0.3) is 0 Å².